The topological polar surface area (TPSA) is 6.48 Å². The van der Waals surface area contributed by atoms with Gasteiger partial charge in [0.15, 0.2) is 0 Å². The van der Waals surface area contributed by atoms with Crippen LogP contribution in [0.25, 0.3) is 22.3 Å². The summed E-state index contributed by atoms with van der Waals surface area (Å²) in [4.78, 5) is 4.23. The molecule has 0 saturated heterocycles. The number of hydrogen-bond acceptors (Lipinski definition) is 2. The molecule has 4 aromatic rings. The molecule has 4 aromatic carbocycles. The van der Waals surface area contributed by atoms with Crippen molar-refractivity contribution in [3.63, 3.8) is 0 Å². The summed E-state index contributed by atoms with van der Waals surface area (Å²) < 4.78 is 0. The molecule has 0 amide bonds. The molecule has 0 aliphatic heterocycles. The number of aryl methyl sites for hydroxylation is 4. The number of benzene rings is 2. The first-order valence-electron chi connectivity index (χ1n) is 11.2. The molecular formula is C30H36Cl2HfN2. The normalized spacial score (nSPS) is 9.60. The van der Waals surface area contributed by atoms with Crippen molar-refractivity contribution in [2.75, 3.05) is 38.0 Å². The molecule has 0 saturated carbocycles. The predicted octanol–water partition coefficient (Wildman–Crippen LogP) is 1.52. The van der Waals surface area contributed by atoms with Gasteiger partial charge in [0.25, 0.3) is 0 Å². The first-order chi connectivity index (χ1) is 15.2. The van der Waals surface area contributed by atoms with E-state index < -0.39 is 0 Å². The Kier molecular flexibility index (Phi) is 13.9. The zero-order chi connectivity index (χ0) is 23.4. The number of hydrogen-bond donors (Lipinski definition) is 0. The molecule has 35 heavy (non-hydrogen) atoms. The van der Waals surface area contributed by atoms with E-state index in [1.54, 1.807) is 0 Å². The Morgan fingerprint density at radius 3 is 0.886 bits per heavy atom. The Balaban J connectivity index is 0.000000608. The second-order valence-corrected chi connectivity index (χ2v) is 9.10. The summed E-state index contributed by atoms with van der Waals surface area (Å²) in [6, 6.07) is 26.4. The first-order valence-corrected chi connectivity index (χ1v) is 11.2. The molecule has 0 spiro atoms. The molecule has 2 nitrogen and oxygen atoms in total. The van der Waals surface area contributed by atoms with Crippen molar-refractivity contribution in [3.8, 4) is 22.3 Å². The van der Waals surface area contributed by atoms with Crippen LogP contribution in [0.4, 0.5) is 11.4 Å². The van der Waals surface area contributed by atoms with Gasteiger partial charge in [0.1, 0.15) is 0 Å². The fourth-order valence-electron chi connectivity index (χ4n) is 3.71. The van der Waals surface area contributed by atoms with E-state index in [4.69, 9.17) is 0 Å². The average Bonchev–Trinajstić information content (AvgIpc) is 3.29. The molecular weight excluding hydrogens is 638 g/mol. The Hall–Kier alpha value is -1.81. The average molecular weight is 674 g/mol. The van der Waals surface area contributed by atoms with E-state index in [0.717, 1.165) is 0 Å². The molecule has 5 heteroatoms. The maximum Gasteiger partial charge on any atom is 4.00 e. The SMILES string of the molecule is Cc1c[c-](-c2ccc(N(C)C)cc2)cc1C.Cc1c[c-](-c2ccc(N(C)C)cc2)cc1C.[Cl-].[Cl-].[Hf+4]. The van der Waals surface area contributed by atoms with Gasteiger partial charge < -0.3 is 34.6 Å². The van der Waals surface area contributed by atoms with Crippen molar-refractivity contribution in [2.24, 2.45) is 0 Å². The summed E-state index contributed by atoms with van der Waals surface area (Å²) >= 11 is 0. The van der Waals surface area contributed by atoms with Crippen molar-refractivity contribution < 1.29 is 50.7 Å². The van der Waals surface area contributed by atoms with Gasteiger partial charge in [-0.25, -0.2) is 0 Å². The van der Waals surface area contributed by atoms with Crippen LogP contribution in [0.15, 0.2) is 72.8 Å². The maximum absolute atomic E-state index is 2.25. The summed E-state index contributed by atoms with van der Waals surface area (Å²) in [5.41, 5.74) is 13.2. The van der Waals surface area contributed by atoms with Crippen LogP contribution in [-0.2, 0) is 25.8 Å². The minimum atomic E-state index is 0. The summed E-state index contributed by atoms with van der Waals surface area (Å²) in [6.45, 7) is 8.64. The van der Waals surface area contributed by atoms with Crippen molar-refractivity contribution in [1.82, 2.24) is 0 Å². The minimum Gasteiger partial charge on any atom is -1.00 e. The van der Waals surface area contributed by atoms with Crippen LogP contribution < -0.4 is 34.6 Å². The van der Waals surface area contributed by atoms with Crippen molar-refractivity contribution in [2.45, 2.75) is 27.7 Å². The molecule has 0 atom stereocenters. The number of anilines is 2. The fraction of sp³-hybridized carbons (Fsp3) is 0.267. The van der Waals surface area contributed by atoms with Crippen LogP contribution in [0.3, 0.4) is 0 Å². The largest absolute Gasteiger partial charge is 4.00 e. The van der Waals surface area contributed by atoms with Gasteiger partial charge in [-0.2, -0.15) is 0 Å². The predicted molar refractivity (Wildman–Crippen MR) is 143 cm³/mol. The van der Waals surface area contributed by atoms with Crippen molar-refractivity contribution in [3.05, 3.63) is 95.1 Å². The molecule has 0 heterocycles. The maximum atomic E-state index is 2.25. The molecule has 4 rings (SSSR count). The minimum absolute atomic E-state index is 0. The van der Waals surface area contributed by atoms with E-state index >= 15 is 0 Å². The van der Waals surface area contributed by atoms with Gasteiger partial charge in [-0.3, -0.25) is 0 Å². The third-order valence-electron chi connectivity index (χ3n) is 6.17. The van der Waals surface area contributed by atoms with Crippen LogP contribution in [0, 0.1) is 27.7 Å². The van der Waals surface area contributed by atoms with Gasteiger partial charge in [-0.05, 0) is 0 Å². The molecule has 0 bridgehead atoms. The van der Waals surface area contributed by atoms with Crippen LogP contribution in [0.1, 0.15) is 22.3 Å². The summed E-state index contributed by atoms with van der Waals surface area (Å²) in [5.74, 6) is 0. The molecule has 0 radical (unpaired) electrons. The van der Waals surface area contributed by atoms with Gasteiger partial charge in [-0.15, -0.1) is 81.9 Å². The third kappa shape index (κ3) is 8.66. The van der Waals surface area contributed by atoms with Gasteiger partial charge in [0.05, 0.1) is 0 Å². The van der Waals surface area contributed by atoms with Crippen LogP contribution >= 0.6 is 0 Å². The Morgan fingerprint density at radius 2 is 0.686 bits per heavy atom. The Labute approximate surface area is 243 Å². The number of halogens is 2. The third-order valence-corrected chi connectivity index (χ3v) is 6.17. The molecule has 0 aromatic heterocycles. The smallest absolute Gasteiger partial charge is 1.00 e. The van der Waals surface area contributed by atoms with E-state index in [2.05, 4.69) is 138 Å². The summed E-state index contributed by atoms with van der Waals surface area (Å²) in [5, 5.41) is 0. The van der Waals surface area contributed by atoms with E-state index in [0.29, 0.717) is 0 Å². The fourth-order valence-corrected chi connectivity index (χ4v) is 3.71. The van der Waals surface area contributed by atoms with Crippen molar-refractivity contribution >= 4 is 11.4 Å². The van der Waals surface area contributed by atoms with Gasteiger partial charge >= 0.3 is 25.8 Å². The van der Waals surface area contributed by atoms with Crippen LogP contribution in [0.5, 0.6) is 0 Å². The van der Waals surface area contributed by atoms with Gasteiger partial charge in [-0.1, -0.05) is 63.1 Å². The first kappa shape index (κ1) is 33.2. The monoisotopic (exact) mass is 674 g/mol. The molecule has 0 unspecified atom stereocenters. The van der Waals surface area contributed by atoms with E-state index in [-0.39, 0.29) is 50.7 Å². The quantitative estimate of drug-likeness (QED) is 0.240. The second-order valence-electron chi connectivity index (χ2n) is 9.10. The number of nitrogens with zero attached hydrogens (tertiary/aromatic N) is 2. The van der Waals surface area contributed by atoms with Gasteiger partial charge in [0.2, 0.25) is 0 Å². The van der Waals surface area contributed by atoms with Crippen molar-refractivity contribution in [1.29, 1.82) is 0 Å². The molecule has 0 fully saturated rings. The standard InChI is InChI=1S/2C15H18N.2ClH.Hf/c2*1-11-9-14(10-12(11)2)13-5-7-15(8-6-13)16(3)4;;;/h2*5-10H,1-4H3;2*1H;/q2*-1;;;+4/p-2. The Bertz CT molecular complexity index is 1020. The Morgan fingerprint density at radius 1 is 0.457 bits per heavy atom. The van der Waals surface area contributed by atoms with E-state index in [1.807, 2.05) is 0 Å². The zero-order valence-electron chi connectivity index (χ0n) is 22.1. The van der Waals surface area contributed by atoms with Gasteiger partial charge in [0, 0.05) is 39.6 Å². The molecule has 0 aliphatic carbocycles. The van der Waals surface area contributed by atoms with E-state index in [1.165, 1.54) is 55.9 Å². The molecule has 0 N–H and O–H groups in total. The number of rotatable bonds is 4. The molecule has 0 aliphatic rings. The van der Waals surface area contributed by atoms with E-state index in [9.17, 15) is 0 Å². The summed E-state index contributed by atoms with van der Waals surface area (Å²) in [6.07, 6.45) is 0. The summed E-state index contributed by atoms with van der Waals surface area (Å²) in [7, 11) is 8.25. The van der Waals surface area contributed by atoms with Crippen LogP contribution in [0.2, 0.25) is 0 Å². The second kappa shape index (κ2) is 14.7. The van der Waals surface area contributed by atoms with Crippen LogP contribution in [-0.4, -0.2) is 28.2 Å². The zero-order valence-corrected chi connectivity index (χ0v) is 27.2. The molecule has 184 valence electrons.